The molecule has 0 bridgehead atoms. The van der Waals surface area contributed by atoms with Crippen molar-refractivity contribution in [2.75, 3.05) is 7.05 Å². The van der Waals surface area contributed by atoms with Gasteiger partial charge in [0.15, 0.2) is 0 Å². The third-order valence-electron chi connectivity index (χ3n) is 3.64. The van der Waals surface area contributed by atoms with Gasteiger partial charge in [-0.3, -0.25) is 0 Å². The van der Waals surface area contributed by atoms with Crippen LogP contribution in [0.2, 0.25) is 0 Å². The van der Waals surface area contributed by atoms with E-state index in [4.69, 9.17) is 0 Å². The van der Waals surface area contributed by atoms with Crippen LogP contribution in [0.5, 0.6) is 0 Å². The van der Waals surface area contributed by atoms with Crippen molar-refractivity contribution in [1.29, 1.82) is 0 Å². The quantitative estimate of drug-likeness (QED) is 0.646. The molecule has 1 heterocycles. The lowest BCUT2D eigenvalue weighted by atomic mass is 10.0. The van der Waals surface area contributed by atoms with Crippen molar-refractivity contribution in [3.8, 4) is 0 Å². The van der Waals surface area contributed by atoms with Gasteiger partial charge in [-0.15, -0.1) is 0 Å². The van der Waals surface area contributed by atoms with Crippen LogP contribution in [-0.2, 0) is 13.0 Å². The molecule has 0 aliphatic rings. The highest BCUT2D eigenvalue weighted by Gasteiger charge is 2.10. The number of hydrogen-bond donors (Lipinski definition) is 1. The topological polar surface area (TPSA) is 29.9 Å². The first kappa shape index (κ1) is 15.2. The molecule has 0 aromatic carbocycles. The zero-order valence-electron chi connectivity index (χ0n) is 12.3. The van der Waals surface area contributed by atoms with E-state index in [-0.39, 0.29) is 0 Å². The van der Waals surface area contributed by atoms with Gasteiger partial charge in [0.25, 0.3) is 0 Å². The minimum absolute atomic E-state index is 0.569. The minimum atomic E-state index is 0.569. The largest absolute Gasteiger partial charge is 0.335 e. The molecule has 1 atom stereocenters. The van der Waals surface area contributed by atoms with Crippen molar-refractivity contribution in [3.05, 3.63) is 18.2 Å². The van der Waals surface area contributed by atoms with Crippen LogP contribution in [0.3, 0.4) is 0 Å². The lowest BCUT2D eigenvalue weighted by Crippen LogP contribution is -2.28. The predicted molar refractivity (Wildman–Crippen MR) is 77.8 cm³/mol. The molecule has 104 valence electrons. The van der Waals surface area contributed by atoms with E-state index >= 15 is 0 Å². The minimum Gasteiger partial charge on any atom is -0.335 e. The number of nitrogens with one attached hydrogen (secondary N) is 1. The van der Waals surface area contributed by atoms with Crippen LogP contribution in [0.1, 0.15) is 58.2 Å². The summed E-state index contributed by atoms with van der Waals surface area (Å²) in [4.78, 5) is 4.46. The van der Waals surface area contributed by atoms with Crippen molar-refractivity contribution in [2.45, 2.75) is 71.4 Å². The number of likely N-dealkylation sites (N-methyl/N-ethyl adjacent to an activating group) is 1. The first-order valence-electron chi connectivity index (χ1n) is 7.49. The maximum Gasteiger partial charge on any atom is 0.110 e. The van der Waals surface area contributed by atoms with Gasteiger partial charge in [0.2, 0.25) is 0 Å². The Labute approximate surface area is 112 Å². The number of imidazole rings is 1. The number of nitrogens with zero attached hydrogens (tertiary/aromatic N) is 2. The molecule has 18 heavy (non-hydrogen) atoms. The first-order chi connectivity index (χ1) is 8.81. The second-order valence-electron chi connectivity index (χ2n) is 5.02. The van der Waals surface area contributed by atoms with Crippen LogP contribution in [0.4, 0.5) is 0 Å². The third kappa shape index (κ3) is 5.21. The van der Waals surface area contributed by atoms with Crippen molar-refractivity contribution < 1.29 is 0 Å². The number of aryl methyl sites for hydroxylation is 1. The van der Waals surface area contributed by atoms with Gasteiger partial charge in [-0.05, 0) is 20.4 Å². The Morgan fingerprint density at radius 2 is 2.00 bits per heavy atom. The SMILES string of the molecule is CCCCCCCC(Cc1nccn1CC)NC. The van der Waals surface area contributed by atoms with Crippen LogP contribution in [0.25, 0.3) is 0 Å². The Hall–Kier alpha value is -0.830. The number of rotatable bonds is 10. The molecule has 0 saturated carbocycles. The van der Waals surface area contributed by atoms with Crippen molar-refractivity contribution in [3.63, 3.8) is 0 Å². The summed E-state index contributed by atoms with van der Waals surface area (Å²) >= 11 is 0. The fourth-order valence-electron chi connectivity index (χ4n) is 2.38. The monoisotopic (exact) mass is 251 g/mol. The Balaban J connectivity index is 2.29. The van der Waals surface area contributed by atoms with Crippen LogP contribution in [0, 0.1) is 0 Å². The van der Waals surface area contributed by atoms with Crippen LogP contribution >= 0.6 is 0 Å². The Bertz CT molecular complexity index is 306. The molecule has 1 rings (SSSR count). The Kier molecular flexibility index (Phi) is 7.74. The Morgan fingerprint density at radius 1 is 1.22 bits per heavy atom. The van der Waals surface area contributed by atoms with Crippen LogP contribution in [0.15, 0.2) is 12.4 Å². The van der Waals surface area contributed by atoms with E-state index in [1.807, 2.05) is 6.20 Å². The van der Waals surface area contributed by atoms with Gasteiger partial charge >= 0.3 is 0 Å². The highest BCUT2D eigenvalue weighted by molar-refractivity contribution is 4.95. The highest BCUT2D eigenvalue weighted by Crippen LogP contribution is 2.10. The van der Waals surface area contributed by atoms with Crippen LogP contribution in [-0.4, -0.2) is 22.6 Å². The summed E-state index contributed by atoms with van der Waals surface area (Å²) < 4.78 is 2.24. The molecule has 0 radical (unpaired) electrons. The lowest BCUT2D eigenvalue weighted by molar-refractivity contribution is 0.467. The maximum absolute atomic E-state index is 4.46. The van der Waals surface area contributed by atoms with E-state index in [0.29, 0.717) is 6.04 Å². The molecule has 0 fully saturated rings. The summed E-state index contributed by atoms with van der Waals surface area (Å²) in [7, 11) is 2.07. The number of unbranched alkanes of at least 4 members (excludes halogenated alkanes) is 4. The van der Waals surface area contributed by atoms with Crippen LogP contribution < -0.4 is 5.32 Å². The number of hydrogen-bond acceptors (Lipinski definition) is 2. The molecule has 1 aromatic rings. The molecule has 3 nitrogen and oxygen atoms in total. The van der Waals surface area contributed by atoms with E-state index in [1.54, 1.807) is 0 Å². The first-order valence-corrected chi connectivity index (χ1v) is 7.49. The molecule has 0 amide bonds. The molecule has 1 unspecified atom stereocenters. The van der Waals surface area contributed by atoms with Gasteiger partial charge in [-0.2, -0.15) is 0 Å². The smallest absolute Gasteiger partial charge is 0.110 e. The lowest BCUT2D eigenvalue weighted by Gasteiger charge is -2.16. The molecule has 1 N–H and O–H groups in total. The summed E-state index contributed by atoms with van der Waals surface area (Å²) in [5.74, 6) is 1.21. The second kappa shape index (κ2) is 9.15. The normalized spacial score (nSPS) is 12.8. The standard InChI is InChI=1S/C15H29N3/c1-4-6-7-8-9-10-14(16-3)13-15-17-11-12-18(15)5-2/h11-12,14,16H,4-10,13H2,1-3H3. The summed E-state index contributed by atoms with van der Waals surface area (Å²) in [5, 5.41) is 3.43. The summed E-state index contributed by atoms with van der Waals surface area (Å²) in [6.07, 6.45) is 13.1. The molecule has 0 aliphatic carbocycles. The molecule has 0 saturated heterocycles. The van der Waals surface area contributed by atoms with E-state index in [2.05, 4.69) is 42.0 Å². The molecule has 3 heteroatoms. The summed E-state index contributed by atoms with van der Waals surface area (Å²) in [5.41, 5.74) is 0. The van der Waals surface area contributed by atoms with Crippen molar-refractivity contribution in [2.24, 2.45) is 0 Å². The molecule has 0 spiro atoms. The van der Waals surface area contributed by atoms with Gasteiger partial charge in [0.1, 0.15) is 5.82 Å². The van der Waals surface area contributed by atoms with Gasteiger partial charge in [0, 0.05) is 31.4 Å². The van der Waals surface area contributed by atoms with E-state index in [0.717, 1.165) is 13.0 Å². The van der Waals surface area contributed by atoms with E-state index < -0.39 is 0 Å². The second-order valence-corrected chi connectivity index (χ2v) is 5.02. The van der Waals surface area contributed by atoms with Gasteiger partial charge in [-0.1, -0.05) is 39.0 Å². The fraction of sp³-hybridized carbons (Fsp3) is 0.800. The van der Waals surface area contributed by atoms with Gasteiger partial charge < -0.3 is 9.88 Å². The molecule has 0 aliphatic heterocycles. The van der Waals surface area contributed by atoms with Crippen molar-refractivity contribution >= 4 is 0 Å². The van der Waals surface area contributed by atoms with Crippen molar-refractivity contribution in [1.82, 2.24) is 14.9 Å². The summed E-state index contributed by atoms with van der Waals surface area (Å²) in [6, 6.07) is 0.569. The van der Waals surface area contributed by atoms with E-state index in [9.17, 15) is 0 Å². The number of aromatic nitrogens is 2. The Morgan fingerprint density at radius 3 is 2.67 bits per heavy atom. The zero-order chi connectivity index (χ0) is 13.2. The maximum atomic E-state index is 4.46. The molecule has 1 aromatic heterocycles. The molecular weight excluding hydrogens is 222 g/mol. The zero-order valence-corrected chi connectivity index (χ0v) is 12.3. The fourth-order valence-corrected chi connectivity index (χ4v) is 2.38. The van der Waals surface area contributed by atoms with E-state index in [1.165, 1.54) is 44.3 Å². The highest BCUT2D eigenvalue weighted by atomic mass is 15.1. The predicted octanol–water partition coefficient (Wildman–Crippen LogP) is 3.39. The van der Waals surface area contributed by atoms with Gasteiger partial charge in [0.05, 0.1) is 0 Å². The molecular formula is C15H29N3. The summed E-state index contributed by atoms with van der Waals surface area (Å²) in [6.45, 7) is 5.45. The van der Waals surface area contributed by atoms with Gasteiger partial charge in [-0.25, -0.2) is 4.98 Å². The average molecular weight is 251 g/mol. The average Bonchev–Trinajstić information content (AvgIpc) is 2.84. The third-order valence-corrected chi connectivity index (χ3v) is 3.64.